The lowest BCUT2D eigenvalue weighted by molar-refractivity contribution is 0.0956. The molecule has 0 radical (unpaired) electrons. The summed E-state index contributed by atoms with van der Waals surface area (Å²) in [5, 5.41) is 9.63. The monoisotopic (exact) mass is 486 g/mol. The summed E-state index contributed by atoms with van der Waals surface area (Å²) in [6.07, 6.45) is 5.10. The number of carbonyl (C=O) groups is 1. The Morgan fingerprint density at radius 3 is 2.03 bits per heavy atom. The first-order valence-electron chi connectivity index (χ1n) is 11.4. The number of hydrazone groups is 1. The van der Waals surface area contributed by atoms with Crippen LogP contribution in [-0.4, -0.2) is 22.1 Å². The highest BCUT2D eigenvalue weighted by molar-refractivity contribution is 6.42. The molecule has 4 aromatic carbocycles. The Kier molecular flexibility index (Phi) is 5.60. The van der Waals surface area contributed by atoms with Gasteiger partial charge in [-0.05, 0) is 35.0 Å². The lowest BCUT2D eigenvalue weighted by Crippen LogP contribution is -2.18. The van der Waals surface area contributed by atoms with Crippen molar-refractivity contribution in [3.8, 4) is 11.3 Å². The van der Waals surface area contributed by atoms with E-state index in [4.69, 9.17) is 16.6 Å². The van der Waals surface area contributed by atoms with Crippen molar-refractivity contribution in [3.05, 3.63) is 120 Å². The van der Waals surface area contributed by atoms with Crippen molar-refractivity contribution in [2.45, 2.75) is 0 Å². The highest BCUT2D eigenvalue weighted by atomic mass is 35.5. The van der Waals surface area contributed by atoms with Crippen LogP contribution < -0.4 is 5.43 Å². The van der Waals surface area contributed by atoms with Gasteiger partial charge in [-0.15, -0.1) is 0 Å². The van der Waals surface area contributed by atoms with Gasteiger partial charge in [0, 0.05) is 39.7 Å². The second-order valence-electron chi connectivity index (χ2n) is 8.33. The van der Waals surface area contributed by atoms with Gasteiger partial charge in [0.05, 0.1) is 28.0 Å². The Labute approximate surface area is 212 Å². The minimum atomic E-state index is -0.317. The Hall–Kier alpha value is -4.61. The topological polar surface area (TPSA) is 67.2 Å². The van der Waals surface area contributed by atoms with Crippen LogP contribution in [0.5, 0.6) is 0 Å². The maximum atomic E-state index is 13.3. The van der Waals surface area contributed by atoms with Crippen molar-refractivity contribution in [2.24, 2.45) is 5.10 Å². The molecule has 0 spiro atoms. The molecule has 0 saturated carbocycles. The predicted molar refractivity (Wildman–Crippen MR) is 146 cm³/mol. The number of hydrogen-bond donors (Lipinski definition) is 1. The largest absolute Gasteiger partial charge is 0.272 e. The summed E-state index contributed by atoms with van der Waals surface area (Å²) in [7, 11) is 0. The van der Waals surface area contributed by atoms with E-state index in [1.165, 1.54) is 0 Å². The van der Waals surface area contributed by atoms with Gasteiger partial charge in [-0.1, -0.05) is 78.3 Å². The van der Waals surface area contributed by atoms with Gasteiger partial charge in [0.1, 0.15) is 0 Å². The highest BCUT2D eigenvalue weighted by Gasteiger charge is 2.14. The summed E-state index contributed by atoms with van der Waals surface area (Å²) < 4.78 is 0. The van der Waals surface area contributed by atoms with E-state index in [9.17, 15) is 4.79 Å². The van der Waals surface area contributed by atoms with Crippen LogP contribution in [0.1, 0.15) is 15.9 Å². The van der Waals surface area contributed by atoms with Gasteiger partial charge in [-0.25, -0.2) is 10.4 Å². The number of nitrogens with zero attached hydrogens (tertiary/aromatic N) is 3. The molecule has 2 aromatic heterocycles. The Morgan fingerprint density at radius 2 is 1.36 bits per heavy atom. The van der Waals surface area contributed by atoms with Crippen LogP contribution in [0.2, 0.25) is 5.02 Å². The number of hydrogen-bond acceptors (Lipinski definition) is 4. The van der Waals surface area contributed by atoms with E-state index in [1.54, 1.807) is 24.7 Å². The molecule has 2 heterocycles. The molecule has 0 bridgehead atoms. The molecule has 0 aliphatic heterocycles. The number of fused-ring (bicyclic) bond motifs is 3. The van der Waals surface area contributed by atoms with E-state index < -0.39 is 0 Å². The first-order chi connectivity index (χ1) is 17.7. The molecule has 0 aliphatic carbocycles. The third-order valence-corrected chi connectivity index (χ3v) is 6.61. The number of nitrogens with one attached hydrogen (secondary N) is 1. The molecule has 36 heavy (non-hydrogen) atoms. The second-order valence-corrected chi connectivity index (χ2v) is 8.70. The van der Waals surface area contributed by atoms with E-state index >= 15 is 0 Å². The second kappa shape index (κ2) is 9.21. The maximum absolute atomic E-state index is 13.3. The number of para-hydroxylation sites is 1. The van der Waals surface area contributed by atoms with Gasteiger partial charge in [-0.3, -0.25) is 9.78 Å². The third-order valence-electron chi connectivity index (χ3n) is 6.20. The zero-order valence-electron chi connectivity index (χ0n) is 19.0. The quantitative estimate of drug-likeness (QED) is 0.165. The fraction of sp³-hybridized carbons (Fsp3) is 0. The summed E-state index contributed by atoms with van der Waals surface area (Å²) >= 11 is 6.71. The van der Waals surface area contributed by atoms with E-state index in [1.807, 2.05) is 84.9 Å². The molecular weight excluding hydrogens is 468 g/mol. The first kappa shape index (κ1) is 21.9. The summed E-state index contributed by atoms with van der Waals surface area (Å²) in [6.45, 7) is 0. The van der Waals surface area contributed by atoms with Gasteiger partial charge in [0.15, 0.2) is 0 Å². The molecule has 1 N–H and O–H groups in total. The maximum Gasteiger partial charge on any atom is 0.272 e. The molecule has 1 amide bonds. The van der Waals surface area contributed by atoms with Crippen LogP contribution in [0.3, 0.4) is 0 Å². The van der Waals surface area contributed by atoms with Crippen molar-refractivity contribution in [1.82, 2.24) is 15.4 Å². The molecule has 6 heteroatoms. The average Bonchev–Trinajstić information content (AvgIpc) is 2.94. The van der Waals surface area contributed by atoms with Crippen LogP contribution in [-0.2, 0) is 0 Å². The number of rotatable bonds is 4. The smallest absolute Gasteiger partial charge is 0.267 e. The van der Waals surface area contributed by atoms with Gasteiger partial charge >= 0.3 is 0 Å². The lowest BCUT2D eigenvalue weighted by Gasteiger charge is -2.11. The van der Waals surface area contributed by atoms with Crippen LogP contribution in [0.25, 0.3) is 43.7 Å². The molecule has 5 nitrogen and oxygen atoms in total. The van der Waals surface area contributed by atoms with Crippen molar-refractivity contribution < 1.29 is 4.79 Å². The molecule has 6 aromatic rings. The molecule has 172 valence electrons. The molecular formula is C30H19ClN4O. The first-order valence-corrected chi connectivity index (χ1v) is 11.8. The summed E-state index contributed by atoms with van der Waals surface area (Å²) in [6, 6.07) is 28.9. The fourth-order valence-corrected chi connectivity index (χ4v) is 4.83. The van der Waals surface area contributed by atoms with Crippen molar-refractivity contribution in [2.75, 3.05) is 0 Å². The average molecular weight is 487 g/mol. The Bertz CT molecular complexity index is 1740. The normalized spacial score (nSPS) is 11.5. The third kappa shape index (κ3) is 3.85. The number of pyridine rings is 2. The van der Waals surface area contributed by atoms with Gasteiger partial charge < -0.3 is 0 Å². The van der Waals surface area contributed by atoms with Gasteiger partial charge in [0.2, 0.25) is 0 Å². The standard InChI is InChI=1S/C30H19ClN4O/c31-29-23-10-3-1-7-20(23)26(21-8-2-4-11-24(21)29)18-33-35-30(36)25-17-28(19-13-15-32-16-14-19)34-27-12-6-5-9-22(25)27/h1-18H,(H,35,36)/b33-18-. The van der Waals surface area contributed by atoms with Crippen molar-refractivity contribution in [3.63, 3.8) is 0 Å². The van der Waals surface area contributed by atoms with E-state index in [0.717, 1.165) is 43.6 Å². The zero-order chi connectivity index (χ0) is 24.5. The van der Waals surface area contributed by atoms with Crippen LogP contribution in [0, 0.1) is 0 Å². The summed E-state index contributed by atoms with van der Waals surface area (Å²) in [5.41, 5.74) is 6.42. The number of carbonyl (C=O) groups excluding carboxylic acids is 1. The van der Waals surface area contributed by atoms with Crippen molar-refractivity contribution in [1.29, 1.82) is 0 Å². The van der Waals surface area contributed by atoms with E-state index in [-0.39, 0.29) is 5.91 Å². The molecule has 6 rings (SSSR count). The summed E-state index contributed by atoms with van der Waals surface area (Å²) in [5.74, 6) is -0.317. The Balaban J connectivity index is 1.41. The minimum Gasteiger partial charge on any atom is -0.267 e. The lowest BCUT2D eigenvalue weighted by atomic mass is 9.97. The molecule has 0 saturated heterocycles. The summed E-state index contributed by atoms with van der Waals surface area (Å²) in [4.78, 5) is 22.1. The van der Waals surface area contributed by atoms with E-state index in [2.05, 4.69) is 15.5 Å². The van der Waals surface area contributed by atoms with Gasteiger partial charge in [0.25, 0.3) is 5.91 Å². The van der Waals surface area contributed by atoms with Crippen LogP contribution >= 0.6 is 11.6 Å². The number of amides is 1. The molecule has 0 aliphatic rings. The SMILES string of the molecule is O=C(N/N=C\c1c2ccccc2c(Cl)c2ccccc12)c1cc(-c2ccncc2)nc2ccccc12. The number of benzene rings is 4. The minimum absolute atomic E-state index is 0.317. The predicted octanol–water partition coefficient (Wildman–Crippen LogP) is 7.02. The van der Waals surface area contributed by atoms with E-state index in [0.29, 0.717) is 16.3 Å². The number of aromatic nitrogens is 2. The van der Waals surface area contributed by atoms with Crippen molar-refractivity contribution >= 4 is 56.2 Å². The number of halogens is 1. The highest BCUT2D eigenvalue weighted by Crippen LogP contribution is 2.35. The van der Waals surface area contributed by atoms with Crippen LogP contribution in [0.4, 0.5) is 0 Å². The van der Waals surface area contributed by atoms with Gasteiger partial charge in [-0.2, -0.15) is 5.10 Å². The molecule has 0 unspecified atom stereocenters. The molecule has 0 fully saturated rings. The fourth-order valence-electron chi connectivity index (χ4n) is 4.50. The zero-order valence-corrected chi connectivity index (χ0v) is 19.8. The Morgan fingerprint density at radius 1 is 0.778 bits per heavy atom. The molecule has 0 atom stereocenters. The van der Waals surface area contributed by atoms with Crippen LogP contribution in [0.15, 0.2) is 108 Å².